The van der Waals surface area contributed by atoms with E-state index in [0.717, 1.165) is 0 Å². The molecule has 1 unspecified atom stereocenters. The fourth-order valence-corrected chi connectivity index (χ4v) is 4.07. The zero-order chi connectivity index (χ0) is 14.1. The fourth-order valence-electron chi connectivity index (χ4n) is 2.25. The summed E-state index contributed by atoms with van der Waals surface area (Å²) in [6, 6.07) is 5.61. The maximum Gasteiger partial charge on any atom is 0.330 e. The third-order valence-corrected chi connectivity index (χ3v) is 5.03. The Labute approximate surface area is 110 Å². The van der Waals surface area contributed by atoms with Gasteiger partial charge in [0.05, 0.1) is 17.2 Å². The minimum atomic E-state index is -3.43. The van der Waals surface area contributed by atoms with Gasteiger partial charge in [-0.05, 0) is 25.0 Å². The van der Waals surface area contributed by atoms with E-state index in [1.54, 1.807) is 6.07 Å². The van der Waals surface area contributed by atoms with E-state index in [9.17, 15) is 22.7 Å². The van der Waals surface area contributed by atoms with Gasteiger partial charge in [0.15, 0.2) is 9.84 Å². The van der Waals surface area contributed by atoms with Crippen molar-refractivity contribution in [3.8, 4) is 0 Å². The monoisotopic (exact) mass is 287 g/mol. The standard InChI is InChI=1S/C12H14FNO4S/c13-9-4-1-2-5-10(9)14-12(11(15)16)6-3-7-19(17,18)8-12/h1-2,4-5,14H,3,6-8H2,(H,15,16). The van der Waals surface area contributed by atoms with Crippen LogP contribution in [0.5, 0.6) is 0 Å². The zero-order valence-corrected chi connectivity index (χ0v) is 10.9. The first kappa shape index (κ1) is 13.8. The van der Waals surface area contributed by atoms with Crippen molar-refractivity contribution in [2.75, 3.05) is 16.8 Å². The van der Waals surface area contributed by atoms with Crippen molar-refractivity contribution in [1.82, 2.24) is 0 Å². The van der Waals surface area contributed by atoms with Gasteiger partial charge < -0.3 is 10.4 Å². The Morgan fingerprint density at radius 3 is 2.63 bits per heavy atom. The van der Waals surface area contributed by atoms with Crippen molar-refractivity contribution in [3.63, 3.8) is 0 Å². The predicted molar refractivity (Wildman–Crippen MR) is 68.3 cm³/mol. The zero-order valence-electron chi connectivity index (χ0n) is 10.1. The first-order chi connectivity index (χ1) is 8.85. The van der Waals surface area contributed by atoms with Gasteiger partial charge in [0, 0.05) is 0 Å². The van der Waals surface area contributed by atoms with Gasteiger partial charge in [0.2, 0.25) is 0 Å². The molecule has 0 bridgehead atoms. The predicted octanol–water partition coefficient (Wildman–Crippen LogP) is 1.27. The Hall–Kier alpha value is -1.63. The van der Waals surface area contributed by atoms with Crippen molar-refractivity contribution >= 4 is 21.5 Å². The number of rotatable bonds is 3. The molecule has 0 amide bonds. The number of carbonyl (C=O) groups is 1. The number of carboxylic acids is 1. The maximum absolute atomic E-state index is 13.6. The topological polar surface area (TPSA) is 83.5 Å². The smallest absolute Gasteiger partial charge is 0.330 e. The largest absolute Gasteiger partial charge is 0.479 e. The molecule has 2 N–H and O–H groups in total. The van der Waals surface area contributed by atoms with Crippen LogP contribution in [0.4, 0.5) is 10.1 Å². The first-order valence-electron chi connectivity index (χ1n) is 5.81. The number of benzene rings is 1. The molecular weight excluding hydrogens is 273 g/mol. The van der Waals surface area contributed by atoms with Crippen molar-refractivity contribution < 1.29 is 22.7 Å². The number of hydrogen-bond donors (Lipinski definition) is 2. The molecule has 2 rings (SSSR count). The molecule has 0 saturated carbocycles. The SMILES string of the molecule is O=C(O)C1(Nc2ccccc2F)CCCS(=O)(=O)C1. The minimum absolute atomic E-state index is 0.00185. The van der Waals surface area contributed by atoms with Gasteiger partial charge >= 0.3 is 5.97 Å². The summed E-state index contributed by atoms with van der Waals surface area (Å²) in [4.78, 5) is 11.4. The highest BCUT2D eigenvalue weighted by Crippen LogP contribution is 2.28. The average molecular weight is 287 g/mol. The lowest BCUT2D eigenvalue weighted by Gasteiger charge is -2.34. The Bertz CT molecular complexity index is 602. The van der Waals surface area contributed by atoms with Crippen molar-refractivity contribution in [2.45, 2.75) is 18.4 Å². The summed E-state index contributed by atoms with van der Waals surface area (Å²) in [5.41, 5.74) is -1.65. The van der Waals surface area contributed by atoms with Crippen molar-refractivity contribution in [1.29, 1.82) is 0 Å². The van der Waals surface area contributed by atoms with E-state index >= 15 is 0 Å². The lowest BCUT2D eigenvalue weighted by Crippen LogP contribution is -2.54. The molecule has 0 spiro atoms. The van der Waals surface area contributed by atoms with E-state index < -0.39 is 32.9 Å². The quantitative estimate of drug-likeness (QED) is 0.874. The Morgan fingerprint density at radius 1 is 1.37 bits per heavy atom. The molecule has 1 aromatic rings. The van der Waals surface area contributed by atoms with Gasteiger partial charge in [0.25, 0.3) is 0 Å². The summed E-state index contributed by atoms with van der Waals surface area (Å²) in [6.45, 7) is 0. The van der Waals surface area contributed by atoms with Crippen LogP contribution in [0.15, 0.2) is 24.3 Å². The molecule has 5 nitrogen and oxygen atoms in total. The van der Waals surface area contributed by atoms with E-state index in [-0.39, 0.29) is 24.3 Å². The molecule has 7 heteroatoms. The minimum Gasteiger partial charge on any atom is -0.479 e. The fraction of sp³-hybridized carbons (Fsp3) is 0.417. The maximum atomic E-state index is 13.6. The molecule has 1 heterocycles. The second-order valence-electron chi connectivity index (χ2n) is 4.69. The number of anilines is 1. The number of aliphatic carboxylic acids is 1. The van der Waals surface area contributed by atoms with E-state index in [0.29, 0.717) is 0 Å². The van der Waals surface area contributed by atoms with Crippen LogP contribution in [-0.4, -0.2) is 36.5 Å². The van der Waals surface area contributed by atoms with Crippen LogP contribution in [0.2, 0.25) is 0 Å². The number of sulfone groups is 1. The normalized spacial score (nSPS) is 25.7. The molecule has 1 aliphatic heterocycles. The van der Waals surface area contributed by atoms with Crippen LogP contribution >= 0.6 is 0 Å². The van der Waals surface area contributed by atoms with Crippen LogP contribution in [0.3, 0.4) is 0 Å². The van der Waals surface area contributed by atoms with Crippen molar-refractivity contribution in [3.05, 3.63) is 30.1 Å². The summed E-state index contributed by atoms with van der Waals surface area (Å²) in [5, 5.41) is 11.9. The Kier molecular flexibility index (Phi) is 3.49. The lowest BCUT2D eigenvalue weighted by atomic mass is 9.95. The lowest BCUT2D eigenvalue weighted by molar-refractivity contribution is -0.141. The molecule has 104 valence electrons. The molecule has 1 fully saturated rings. The summed E-state index contributed by atoms with van der Waals surface area (Å²) < 4.78 is 36.9. The van der Waals surface area contributed by atoms with Crippen LogP contribution in [-0.2, 0) is 14.6 Å². The highest BCUT2D eigenvalue weighted by molar-refractivity contribution is 7.91. The summed E-state index contributed by atoms with van der Waals surface area (Å²) in [7, 11) is -3.43. The molecule has 0 aliphatic carbocycles. The molecule has 1 atom stereocenters. The number of carboxylic acid groups (broad SMARTS) is 1. The highest BCUT2D eigenvalue weighted by Gasteiger charge is 2.45. The van der Waals surface area contributed by atoms with Gasteiger partial charge in [-0.25, -0.2) is 17.6 Å². The van der Waals surface area contributed by atoms with E-state index in [1.807, 2.05) is 0 Å². The third kappa shape index (κ3) is 2.86. The van der Waals surface area contributed by atoms with Crippen LogP contribution < -0.4 is 5.32 Å². The van der Waals surface area contributed by atoms with E-state index in [4.69, 9.17) is 0 Å². The highest BCUT2D eigenvalue weighted by atomic mass is 32.2. The second kappa shape index (κ2) is 4.80. The summed E-state index contributed by atoms with van der Waals surface area (Å²) in [5.74, 6) is -2.44. The first-order valence-corrected chi connectivity index (χ1v) is 7.63. The van der Waals surface area contributed by atoms with Crippen LogP contribution in [0, 0.1) is 5.82 Å². The number of halogens is 1. The number of para-hydroxylation sites is 1. The summed E-state index contributed by atoms with van der Waals surface area (Å²) >= 11 is 0. The molecule has 0 aromatic heterocycles. The van der Waals surface area contributed by atoms with Gasteiger partial charge in [-0.2, -0.15) is 0 Å². The molecule has 1 aromatic carbocycles. The van der Waals surface area contributed by atoms with Crippen molar-refractivity contribution in [2.24, 2.45) is 0 Å². The van der Waals surface area contributed by atoms with Gasteiger partial charge in [-0.3, -0.25) is 0 Å². The van der Waals surface area contributed by atoms with Gasteiger partial charge in [0.1, 0.15) is 11.4 Å². The average Bonchev–Trinajstić information content (AvgIpc) is 2.30. The van der Waals surface area contributed by atoms with E-state index in [1.165, 1.54) is 18.2 Å². The van der Waals surface area contributed by atoms with Crippen LogP contribution in [0.1, 0.15) is 12.8 Å². The molecular formula is C12H14FNO4S. The molecule has 1 aliphatic rings. The van der Waals surface area contributed by atoms with Crippen LogP contribution in [0.25, 0.3) is 0 Å². The summed E-state index contributed by atoms with van der Waals surface area (Å²) in [6.07, 6.45) is 0.395. The number of hydrogen-bond acceptors (Lipinski definition) is 4. The molecule has 0 radical (unpaired) electrons. The Balaban J connectivity index is 2.36. The van der Waals surface area contributed by atoms with Gasteiger partial charge in [-0.1, -0.05) is 12.1 Å². The second-order valence-corrected chi connectivity index (χ2v) is 6.87. The third-order valence-electron chi connectivity index (χ3n) is 3.18. The number of nitrogens with one attached hydrogen (secondary N) is 1. The van der Waals surface area contributed by atoms with E-state index in [2.05, 4.69) is 5.32 Å². The Morgan fingerprint density at radius 2 is 2.05 bits per heavy atom. The molecule has 1 saturated heterocycles. The molecule has 19 heavy (non-hydrogen) atoms. The van der Waals surface area contributed by atoms with Gasteiger partial charge in [-0.15, -0.1) is 0 Å².